The van der Waals surface area contributed by atoms with Crippen molar-refractivity contribution in [2.75, 3.05) is 39.2 Å². The van der Waals surface area contributed by atoms with Crippen molar-refractivity contribution in [3.63, 3.8) is 0 Å². The van der Waals surface area contributed by atoms with Crippen molar-refractivity contribution >= 4 is 5.69 Å². The van der Waals surface area contributed by atoms with Crippen LogP contribution in [0.25, 0.3) is 0 Å². The molecule has 0 spiro atoms. The number of aromatic amines is 1. The Morgan fingerprint density at radius 3 is 2.94 bits per heavy atom. The molecule has 1 aromatic heterocycles. The minimum atomic E-state index is 0.527. The first-order chi connectivity index (χ1) is 8.25. The first kappa shape index (κ1) is 12.4. The predicted octanol–water partition coefficient (Wildman–Crippen LogP) is 1.10. The molecule has 0 amide bonds. The van der Waals surface area contributed by atoms with E-state index in [-0.39, 0.29) is 0 Å². The van der Waals surface area contributed by atoms with Crippen LogP contribution in [0.2, 0.25) is 0 Å². The molecule has 1 saturated heterocycles. The summed E-state index contributed by atoms with van der Waals surface area (Å²) in [6.45, 7) is 2.76. The molecule has 0 atom stereocenters. The van der Waals surface area contributed by atoms with E-state index in [4.69, 9.17) is 4.74 Å². The Kier molecular flexibility index (Phi) is 4.39. The minimum absolute atomic E-state index is 0.527. The third-order valence-corrected chi connectivity index (χ3v) is 3.11. The van der Waals surface area contributed by atoms with Crippen LogP contribution < -0.4 is 5.32 Å². The summed E-state index contributed by atoms with van der Waals surface area (Å²) in [6.07, 6.45) is 5.05. The quantitative estimate of drug-likeness (QED) is 0.806. The molecule has 2 N–H and O–H groups in total. The maximum Gasteiger partial charge on any atom is 0.0759 e. The van der Waals surface area contributed by atoms with Crippen LogP contribution in [0.15, 0.2) is 6.20 Å². The van der Waals surface area contributed by atoms with Gasteiger partial charge in [-0.15, -0.1) is 0 Å². The highest BCUT2D eigenvalue weighted by molar-refractivity contribution is 5.47. The van der Waals surface area contributed by atoms with Gasteiger partial charge >= 0.3 is 0 Å². The van der Waals surface area contributed by atoms with Gasteiger partial charge in [-0.3, -0.25) is 5.10 Å². The monoisotopic (exact) mass is 238 g/mol. The van der Waals surface area contributed by atoms with Crippen LogP contribution in [0.3, 0.4) is 0 Å². The molecule has 0 aliphatic carbocycles. The molecule has 2 rings (SSSR count). The number of H-pyrrole nitrogens is 1. The van der Waals surface area contributed by atoms with Gasteiger partial charge in [0.25, 0.3) is 0 Å². The van der Waals surface area contributed by atoms with Crippen LogP contribution in [0.5, 0.6) is 0 Å². The van der Waals surface area contributed by atoms with Crippen LogP contribution in [0.1, 0.15) is 18.5 Å². The second kappa shape index (κ2) is 6.02. The van der Waals surface area contributed by atoms with Crippen molar-refractivity contribution in [2.45, 2.75) is 25.3 Å². The summed E-state index contributed by atoms with van der Waals surface area (Å²) >= 11 is 0. The summed E-state index contributed by atoms with van der Waals surface area (Å²) in [7, 11) is 4.17. The lowest BCUT2D eigenvalue weighted by atomic mass is 10.1. The Bertz CT molecular complexity index is 331. The Morgan fingerprint density at radius 1 is 1.47 bits per heavy atom. The van der Waals surface area contributed by atoms with Gasteiger partial charge < -0.3 is 15.0 Å². The van der Waals surface area contributed by atoms with Crippen LogP contribution in [-0.4, -0.2) is 55.0 Å². The fourth-order valence-corrected chi connectivity index (χ4v) is 2.03. The van der Waals surface area contributed by atoms with Crippen molar-refractivity contribution in [2.24, 2.45) is 0 Å². The normalized spacial score (nSPS) is 17.6. The molecule has 1 aromatic rings. The van der Waals surface area contributed by atoms with Crippen LogP contribution in [0, 0.1) is 0 Å². The predicted molar refractivity (Wildman–Crippen MR) is 68.3 cm³/mol. The largest absolute Gasteiger partial charge is 0.381 e. The number of rotatable bonds is 5. The lowest BCUT2D eigenvalue weighted by Gasteiger charge is -2.24. The smallest absolute Gasteiger partial charge is 0.0759 e. The second-order valence-corrected chi connectivity index (χ2v) is 4.85. The molecule has 0 saturated carbocycles. The van der Waals surface area contributed by atoms with E-state index in [9.17, 15) is 0 Å². The molecule has 17 heavy (non-hydrogen) atoms. The highest BCUT2D eigenvalue weighted by Crippen LogP contribution is 2.18. The number of nitrogens with one attached hydrogen (secondary N) is 2. The zero-order valence-corrected chi connectivity index (χ0v) is 10.7. The van der Waals surface area contributed by atoms with Crippen molar-refractivity contribution in [3.05, 3.63) is 11.9 Å². The number of nitrogens with zero attached hydrogens (tertiary/aromatic N) is 2. The van der Waals surface area contributed by atoms with E-state index in [1.807, 2.05) is 6.20 Å². The summed E-state index contributed by atoms with van der Waals surface area (Å²) in [5.74, 6) is 0. The maximum absolute atomic E-state index is 5.36. The molecule has 0 radical (unpaired) electrons. The molecule has 1 aliphatic rings. The topological polar surface area (TPSA) is 53.2 Å². The number of hydrogen-bond donors (Lipinski definition) is 2. The molecule has 96 valence electrons. The summed E-state index contributed by atoms with van der Waals surface area (Å²) in [4.78, 5) is 2.18. The van der Waals surface area contributed by atoms with Gasteiger partial charge in [-0.1, -0.05) is 0 Å². The van der Waals surface area contributed by atoms with Gasteiger partial charge in [0, 0.05) is 32.2 Å². The molecule has 2 heterocycles. The molecule has 1 aliphatic heterocycles. The van der Waals surface area contributed by atoms with Gasteiger partial charge in [0.15, 0.2) is 0 Å². The Morgan fingerprint density at radius 2 is 2.24 bits per heavy atom. The van der Waals surface area contributed by atoms with Crippen LogP contribution in [0.4, 0.5) is 5.69 Å². The summed E-state index contributed by atoms with van der Waals surface area (Å²) in [5, 5.41) is 10.8. The maximum atomic E-state index is 5.36. The Hall–Kier alpha value is -1.07. The average molecular weight is 238 g/mol. The van der Waals surface area contributed by atoms with E-state index in [0.717, 1.165) is 44.7 Å². The lowest BCUT2D eigenvalue weighted by molar-refractivity contribution is 0.0904. The number of hydrogen-bond acceptors (Lipinski definition) is 4. The average Bonchev–Trinajstić information content (AvgIpc) is 2.75. The summed E-state index contributed by atoms with van der Waals surface area (Å²) in [6, 6.07) is 0.527. The van der Waals surface area contributed by atoms with E-state index in [1.54, 1.807) is 0 Å². The summed E-state index contributed by atoms with van der Waals surface area (Å²) in [5.41, 5.74) is 2.35. The molecule has 0 bridgehead atoms. The van der Waals surface area contributed by atoms with Crippen LogP contribution in [-0.2, 0) is 11.2 Å². The highest BCUT2D eigenvalue weighted by Gasteiger charge is 2.15. The van der Waals surface area contributed by atoms with Gasteiger partial charge in [-0.25, -0.2) is 0 Å². The van der Waals surface area contributed by atoms with Gasteiger partial charge in [0.05, 0.1) is 17.6 Å². The van der Waals surface area contributed by atoms with E-state index in [1.165, 1.54) is 5.69 Å². The van der Waals surface area contributed by atoms with Crippen molar-refractivity contribution in [3.8, 4) is 0 Å². The molecule has 0 unspecified atom stereocenters. The van der Waals surface area contributed by atoms with Crippen molar-refractivity contribution in [1.29, 1.82) is 0 Å². The van der Waals surface area contributed by atoms with Gasteiger partial charge in [-0.2, -0.15) is 5.10 Å². The Labute approximate surface area is 103 Å². The number of likely N-dealkylation sites (N-methyl/N-ethyl adjacent to an activating group) is 1. The molecule has 5 heteroatoms. The molecular formula is C12H22N4O. The SMILES string of the molecule is CN(C)CCc1[nH]ncc1NC1CCOCC1. The van der Waals surface area contributed by atoms with Gasteiger partial charge in [0.1, 0.15) is 0 Å². The third-order valence-electron chi connectivity index (χ3n) is 3.11. The molecular weight excluding hydrogens is 216 g/mol. The fraction of sp³-hybridized carbons (Fsp3) is 0.750. The van der Waals surface area contributed by atoms with E-state index < -0.39 is 0 Å². The van der Waals surface area contributed by atoms with E-state index in [2.05, 4.69) is 34.5 Å². The number of anilines is 1. The lowest BCUT2D eigenvalue weighted by Crippen LogP contribution is -2.28. The standard InChI is InChI=1S/C12H22N4O/c1-16(2)6-3-11-12(9-13-15-11)14-10-4-7-17-8-5-10/h9-10,14H,3-8H2,1-2H3,(H,13,15). The Balaban J connectivity index is 1.88. The summed E-state index contributed by atoms with van der Waals surface area (Å²) < 4.78 is 5.36. The first-order valence-corrected chi connectivity index (χ1v) is 6.27. The zero-order chi connectivity index (χ0) is 12.1. The van der Waals surface area contributed by atoms with Crippen molar-refractivity contribution in [1.82, 2.24) is 15.1 Å². The third kappa shape index (κ3) is 3.71. The highest BCUT2D eigenvalue weighted by atomic mass is 16.5. The first-order valence-electron chi connectivity index (χ1n) is 6.27. The van der Waals surface area contributed by atoms with E-state index in [0.29, 0.717) is 6.04 Å². The van der Waals surface area contributed by atoms with Gasteiger partial charge in [0.2, 0.25) is 0 Å². The fourth-order valence-electron chi connectivity index (χ4n) is 2.03. The van der Waals surface area contributed by atoms with Crippen LogP contribution >= 0.6 is 0 Å². The minimum Gasteiger partial charge on any atom is -0.381 e. The number of ether oxygens (including phenoxy) is 1. The second-order valence-electron chi connectivity index (χ2n) is 4.85. The zero-order valence-electron chi connectivity index (χ0n) is 10.7. The molecule has 1 fully saturated rings. The van der Waals surface area contributed by atoms with E-state index >= 15 is 0 Å². The van der Waals surface area contributed by atoms with Gasteiger partial charge in [-0.05, 0) is 26.9 Å². The number of aromatic nitrogens is 2. The molecule has 5 nitrogen and oxygen atoms in total. The molecule has 0 aromatic carbocycles. The van der Waals surface area contributed by atoms with Crippen molar-refractivity contribution < 1.29 is 4.74 Å².